The van der Waals surface area contributed by atoms with Crippen LogP contribution in [0.5, 0.6) is 0 Å². The van der Waals surface area contributed by atoms with Crippen molar-refractivity contribution in [2.24, 2.45) is 17.9 Å². The van der Waals surface area contributed by atoms with Crippen molar-refractivity contribution in [3.63, 3.8) is 0 Å². The van der Waals surface area contributed by atoms with Crippen molar-refractivity contribution in [1.29, 1.82) is 0 Å². The maximum Gasteiger partial charge on any atom is 0.269 e. The molecule has 4 aromatic heterocycles. The monoisotopic (exact) mass is 395 g/mol. The predicted octanol–water partition coefficient (Wildman–Crippen LogP) is 1.12. The van der Waals surface area contributed by atoms with Crippen molar-refractivity contribution in [2.75, 3.05) is 0 Å². The average Bonchev–Trinajstić information content (AvgIpc) is 3.44. The Hall–Kier alpha value is -3.47. The van der Waals surface area contributed by atoms with Crippen molar-refractivity contribution in [3.8, 4) is 0 Å². The van der Waals surface area contributed by atoms with Crippen LogP contribution in [0.4, 0.5) is 0 Å². The van der Waals surface area contributed by atoms with Crippen LogP contribution in [0.25, 0.3) is 10.3 Å². The van der Waals surface area contributed by atoms with Gasteiger partial charge in [-0.3, -0.25) is 20.0 Å². The number of H-pyrrole nitrogens is 2. The van der Waals surface area contributed by atoms with Gasteiger partial charge in [0.15, 0.2) is 5.65 Å². The van der Waals surface area contributed by atoms with Crippen LogP contribution in [0.15, 0.2) is 23.4 Å². The molecule has 1 aliphatic heterocycles. The van der Waals surface area contributed by atoms with Gasteiger partial charge >= 0.3 is 0 Å². The second-order valence-corrected chi connectivity index (χ2v) is 7.73. The predicted molar refractivity (Wildman–Crippen MR) is 104 cm³/mol. The fourth-order valence-corrected chi connectivity index (χ4v) is 4.51. The molecule has 10 nitrogen and oxygen atoms in total. The standard InChI is InChI=1S/C17H17N9OS/c1-25-13-8-26(7-10-4-12(16(18)27)24-23-10)20-6-11(13)15-17(25)21-14(28-15)5-9-2-3-19-22-9/h2-4,6H,5,7-8H2,1H3,(H2,18,27)(H,19,22)(H,23,24). The number of nitrogens with two attached hydrogens (primary N) is 1. The van der Waals surface area contributed by atoms with E-state index >= 15 is 0 Å². The Morgan fingerprint density at radius 2 is 2.25 bits per heavy atom. The molecule has 4 N–H and O–H groups in total. The van der Waals surface area contributed by atoms with E-state index in [0.29, 0.717) is 13.1 Å². The first-order chi connectivity index (χ1) is 13.6. The van der Waals surface area contributed by atoms with Crippen LogP contribution < -0.4 is 5.73 Å². The number of amides is 1. The number of carbonyl (C=O) groups excluding carboxylic acids is 1. The molecule has 0 radical (unpaired) electrons. The zero-order valence-electron chi connectivity index (χ0n) is 15.0. The third kappa shape index (κ3) is 2.76. The summed E-state index contributed by atoms with van der Waals surface area (Å²) in [6, 6.07) is 3.61. The Kier molecular flexibility index (Phi) is 3.76. The van der Waals surface area contributed by atoms with Gasteiger partial charge in [-0.25, -0.2) is 4.98 Å². The van der Waals surface area contributed by atoms with Crippen LogP contribution in [0, 0.1) is 0 Å². The Morgan fingerprint density at radius 1 is 1.36 bits per heavy atom. The molecule has 1 aliphatic rings. The number of primary amides is 1. The number of rotatable bonds is 5. The van der Waals surface area contributed by atoms with E-state index in [9.17, 15) is 4.79 Å². The molecule has 0 atom stereocenters. The average molecular weight is 395 g/mol. The number of aryl methyl sites for hydroxylation is 1. The van der Waals surface area contributed by atoms with Gasteiger partial charge in [0.1, 0.15) is 10.7 Å². The Balaban J connectivity index is 1.39. The van der Waals surface area contributed by atoms with Gasteiger partial charge in [0.25, 0.3) is 5.91 Å². The Bertz CT molecular complexity index is 1200. The number of aromatic nitrogens is 6. The van der Waals surface area contributed by atoms with Crippen molar-refractivity contribution in [3.05, 3.63) is 51.7 Å². The van der Waals surface area contributed by atoms with Gasteiger partial charge in [-0.2, -0.15) is 15.3 Å². The summed E-state index contributed by atoms with van der Waals surface area (Å²) in [6.45, 7) is 1.15. The molecule has 0 spiro atoms. The molecule has 4 aromatic rings. The highest BCUT2D eigenvalue weighted by Crippen LogP contribution is 2.33. The van der Waals surface area contributed by atoms with Gasteiger partial charge in [-0.1, -0.05) is 0 Å². The highest BCUT2D eigenvalue weighted by atomic mass is 32.1. The lowest BCUT2D eigenvalue weighted by molar-refractivity contribution is 0.0995. The minimum absolute atomic E-state index is 0.227. The summed E-state index contributed by atoms with van der Waals surface area (Å²) in [5.74, 6) is -0.549. The molecule has 1 amide bonds. The molecule has 0 bridgehead atoms. The topological polar surface area (TPSA) is 134 Å². The van der Waals surface area contributed by atoms with Crippen LogP contribution in [-0.2, 0) is 26.6 Å². The number of hydrazone groups is 1. The normalized spacial score (nSPS) is 13.4. The third-order valence-electron chi connectivity index (χ3n) is 4.75. The number of aromatic amines is 2. The van der Waals surface area contributed by atoms with Gasteiger partial charge in [0.05, 0.1) is 35.4 Å². The summed E-state index contributed by atoms with van der Waals surface area (Å²) in [5, 5.41) is 21.2. The largest absolute Gasteiger partial charge is 0.364 e. The fraction of sp³-hybridized carbons (Fsp3) is 0.235. The van der Waals surface area contributed by atoms with Crippen molar-refractivity contribution in [2.45, 2.75) is 19.5 Å². The quantitative estimate of drug-likeness (QED) is 0.465. The van der Waals surface area contributed by atoms with Gasteiger partial charge in [-0.15, -0.1) is 11.3 Å². The van der Waals surface area contributed by atoms with E-state index in [1.165, 1.54) is 0 Å². The first-order valence-electron chi connectivity index (χ1n) is 8.66. The summed E-state index contributed by atoms with van der Waals surface area (Å²) in [6.07, 6.45) is 4.36. The summed E-state index contributed by atoms with van der Waals surface area (Å²) in [5.41, 5.74) is 10.5. The van der Waals surface area contributed by atoms with Gasteiger partial charge in [0, 0.05) is 30.9 Å². The van der Waals surface area contributed by atoms with Crippen molar-refractivity contribution in [1.82, 2.24) is 35.0 Å². The van der Waals surface area contributed by atoms with E-state index in [-0.39, 0.29) is 5.69 Å². The minimum Gasteiger partial charge on any atom is -0.364 e. The van der Waals surface area contributed by atoms with Crippen molar-refractivity contribution < 1.29 is 4.79 Å². The molecular formula is C17H17N9OS. The van der Waals surface area contributed by atoms with Crippen LogP contribution in [0.2, 0.25) is 0 Å². The molecule has 28 heavy (non-hydrogen) atoms. The second kappa shape index (κ2) is 6.30. The van der Waals surface area contributed by atoms with Crippen molar-refractivity contribution >= 4 is 33.8 Å². The smallest absolute Gasteiger partial charge is 0.269 e. The number of nitrogens with zero attached hydrogens (tertiary/aromatic N) is 6. The lowest BCUT2D eigenvalue weighted by atomic mass is 10.2. The van der Waals surface area contributed by atoms with E-state index < -0.39 is 5.91 Å². The zero-order chi connectivity index (χ0) is 19.3. The van der Waals surface area contributed by atoms with Crippen LogP contribution in [0.1, 0.15) is 38.1 Å². The number of carbonyl (C=O) groups is 1. The minimum atomic E-state index is -0.549. The van der Waals surface area contributed by atoms with Crippen LogP contribution in [-0.4, -0.2) is 47.1 Å². The maximum atomic E-state index is 11.2. The first-order valence-corrected chi connectivity index (χ1v) is 9.48. The number of thiazole rings is 1. The first kappa shape index (κ1) is 16.7. The molecule has 0 saturated carbocycles. The zero-order valence-corrected chi connectivity index (χ0v) is 15.8. The number of hydrogen-bond acceptors (Lipinski definition) is 7. The van der Waals surface area contributed by atoms with Crippen LogP contribution in [0.3, 0.4) is 0 Å². The van der Waals surface area contributed by atoms with E-state index in [1.54, 1.807) is 23.6 Å². The lowest BCUT2D eigenvalue weighted by Gasteiger charge is -2.22. The highest BCUT2D eigenvalue weighted by Gasteiger charge is 2.23. The lowest BCUT2D eigenvalue weighted by Crippen LogP contribution is -2.23. The van der Waals surface area contributed by atoms with Gasteiger partial charge in [0.2, 0.25) is 0 Å². The van der Waals surface area contributed by atoms with E-state index in [0.717, 1.165) is 44.4 Å². The molecule has 0 fully saturated rings. The molecule has 5 rings (SSSR count). The highest BCUT2D eigenvalue weighted by molar-refractivity contribution is 7.19. The molecular weight excluding hydrogens is 378 g/mol. The van der Waals surface area contributed by atoms with Gasteiger partial charge in [-0.05, 0) is 12.1 Å². The molecule has 0 aliphatic carbocycles. The third-order valence-corrected chi connectivity index (χ3v) is 5.83. The van der Waals surface area contributed by atoms with E-state index in [4.69, 9.17) is 10.7 Å². The van der Waals surface area contributed by atoms with Gasteiger partial charge < -0.3 is 10.3 Å². The molecule has 5 heterocycles. The Labute approximate surface area is 163 Å². The molecule has 11 heteroatoms. The summed E-state index contributed by atoms with van der Waals surface area (Å²) in [4.78, 5) is 16.0. The van der Waals surface area contributed by atoms with Crippen LogP contribution >= 0.6 is 11.3 Å². The SMILES string of the molecule is Cn1c2c(c3sc(Cc4ccn[nH]4)nc31)C=NN(Cc1cc(C(N)=O)n[nH]1)C2. The number of nitrogens with one attached hydrogen (secondary N) is 2. The Morgan fingerprint density at radius 3 is 3.00 bits per heavy atom. The second-order valence-electron chi connectivity index (χ2n) is 6.65. The fourth-order valence-electron chi connectivity index (χ4n) is 3.36. The summed E-state index contributed by atoms with van der Waals surface area (Å²) >= 11 is 1.69. The number of fused-ring (bicyclic) bond motifs is 3. The summed E-state index contributed by atoms with van der Waals surface area (Å²) in [7, 11) is 2.03. The molecule has 142 valence electrons. The molecule has 0 aromatic carbocycles. The molecule has 0 unspecified atom stereocenters. The van der Waals surface area contributed by atoms with E-state index in [1.807, 2.05) is 24.3 Å². The summed E-state index contributed by atoms with van der Waals surface area (Å²) < 4.78 is 3.27. The maximum absolute atomic E-state index is 11.2. The van der Waals surface area contributed by atoms with E-state index in [2.05, 4.69) is 30.1 Å². The molecule has 0 saturated heterocycles. The number of hydrogen-bond donors (Lipinski definition) is 3.